The number of β-lactam (4-membered cyclic amide) rings is 1. The molecule has 1 saturated heterocycles. The minimum Gasteiger partial charge on any atom is -0.448 e. The summed E-state index contributed by atoms with van der Waals surface area (Å²) < 4.78 is 5.94. The van der Waals surface area contributed by atoms with E-state index in [1.54, 1.807) is 0 Å². The Bertz CT molecular complexity index is 1300. The van der Waals surface area contributed by atoms with E-state index in [1.165, 1.54) is 16.7 Å². The fourth-order valence-electron chi connectivity index (χ4n) is 4.48. The number of rotatable bonds is 8. The molecule has 2 atom stereocenters. The number of ether oxygens (including phenoxy) is 1. The van der Waals surface area contributed by atoms with Crippen LogP contribution in [0, 0.1) is 0 Å². The average molecular weight is 513 g/mol. The molecule has 7 nitrogen and oxygen atoms in total. The van der Waals surface area contributed by atoms with Gasteiger partial charge in [-0.3, -0.25) is 19.3 Å². The monoisotopic (exact) mass is 512 g/mol. The van der Waals surface area contributed by atoms with E-state index >= 15 is 0 Å². The standard InChI is InChI=1S/C29H24N2O5S/c32-17-22-18-37-28-24(30-23(33)16-19-10-4-1-5-11-19)27(34)31(28)25(22)29(35)36-26(20-12-6-2-7-13-20)21-14-8-3-9-15-21/h1-15,17,24,26,28H,16,18H2,(H,30,33)/t24?,28-/m1/s1. The topological polar surface area (TPSA) is 92.8 Å². The quantitative estimate of drug-likeness (QED) is 0.283. The van der Waals surface area contributed by atoms with Crippen LogP contribution in [0.1, 0.15) is 22.8 Å². The highest BCUT2D eigenvalue weighted by Gasteiger charge is 2.54. The third-order valence-electron chi connectivity index (χ3n) is 6.29. The van der Waals surface area contributed by atoms with Crippen molar-refractivity contribution in [1.82, 2.24) is 10.2 Å². The van der Waals surface area contributed by atoms with E-state index in [4.69, 9.17) is 4.74 Å². The van der Waals surface area contributed by atoms with Crippen LogP contribution in [0.2, 0.25) is 0 Å². The number of nitrogens with one attached hydrogen (secondary N) is 1. The van der Waals surface area contributed by atoms with E-state index in [9.17, 15) is 19.2 Å². The lowest BCUT2D eigenvalue weighted by molar-refractivity contribution is -0.154. The van der Waals surface area contributed by atoms with Crippen molar-refractivity contribution in [1.29, 1.82) is 0 Å². The van der Waals surface area contributed by atoms with Gasteiger partial charge in [-0.15, -0.1) is 11.8 Å². The molecule has 2 heterocycles. The Morgan fingerprint density at radius 2 is 1.51 bits per heavy atom. The second kappa shape index (κ2) is 10.8. The zero-order valence-corrected chi connectivity index (χ0v) is 20.6. The second-order valence-electron chi connectivity index (χ2n) is 8.72. The number of amides is 2. The zero-order valence-electron chi connectivity index (χ0n) is 19.8. The van der Waals surface area contributed by atoms with Crippen LogP contribution in [0.5, 0.6) is 0 Å². The minimum atomic E-state index is -0.781. The fraction of sp³-hybridized carbons (Fsp3) is 0.172. The largest absolute Gasteiger partial charge is 0.448 e. The molecule has 0 aliphatic carbocycles. The molecule has 1 fully saturated rings. The van der Waals surface area contributed by atoms with E-state index < -0.39 is 29.4 Å². The summed E-state index contributed by atoms with van der Waals surface area (Å²) in [4.78, 5) is 52.3. The SMILES string of the molecule is O=CC1=C(C(=O)OC(c2ccccc2)c2ccccc2)N2C(=O)C(NC(=O)Cc3ccccc3)[C@H]2SC1. The predicted octanol–water partition coefficient (Wildman–Crippen LogP) is 3.41. The van der Waals surface area contributed by atoms with Gasteiger partial charge >= 0.3 is 5.97 Å². The molecule has 3 aromatic carbocycles. The maximum absolute atomic E-state index is 13.5. The van der Waals surface area contributed by atoms with Crippen molar-refractivity contribution in [2.24, 2.45) is 0 Å². The molecule has 186 valence electrons. The van der Waals surface area contributed by atoms with Crippen LogP contribution in [-0.4, -0.2) is 46.1 Å². The van der Waals surface area contributed by atoms with E-state index in [-0.39, 0.29) is 29.4 Å². The molecule has 5 rings (SSSR count). The number of benzene rings is 3. The van der Waals surface area contributed by atoms with Gasteiger partial charge < -0.3 is 10.1 Å². The van der Waals surface area contributed by atoms with Crippen LogP contribution in [0.3, 0.4) is 0 Å². The summed E-state index contributed by atoms with van der Waals surface area (Å²) >= 11 is 1.33. The average Bonchev–Trinajstić information content (AvgIpc) is 2.95. The smallest absolute Gasteiger partial charge is 0.356 e. The molecule has 2 amide bonds. The maximum atomic E-state index is 13.5. The first-order valence-electron chi connectivity index (χ1n) is 11.8. The number of esters is 1. The number of carbonyl (C=O) groups is 4. The van der Waals surface area contributed by atoms with Crippen LogP contribution < -0.4 is 5.32 Å². The molecule has 2 aliphatic rings. The van der Waals surface area contributed by atoms with Crippen molar-refractivity contribution in [2.45, 2.75) is 23.9 Å². The summed E-state index contributed by atoms with van der Waals surface area (Å²) in [7, 11) is 0. The van der Waals surface area contributed by atoms with Gasteiger partial charge in [0, 0.05) is 11.3 Å². The second-order valence-corrected chi connectivity index (χ2v) is 9.82. The molecule has 0 bridgehead atoms. The Morgan fingerprint density at radius 1 is 0.946 bits per heavy atom. The first kappa shape index (κ1) is 24.5. The number of aldehydes is 1. The number of thioether (sulfide) groups is 1. The maximum Gasteiger partial charge on any atom is 0.356 e. The van der Waals surface area contributed by atoms with Crippen molar-refractivity contribution >= 4 is 35.8 Å². The normalized spacial score (nSPS) is 18.6. The molecule has 37 heavy (non-hydrogen) atoms. The zero-order chi connectivity index (χ0) is 25.8. The van der Waals surface area contributed by atoms with Gasteiger partial charge in [0.15, 0.2) is 6.10 Å². The third kappa shape index (κ3) is 5.06. The molecule has 3 aromatic rings. The van der Waals surface area contributed by atoms with Crippen LogP contribution in [0.25, 0.3) is 0 Å². The van der Waals surface area contributed by atoms with Crippen molar-refractivity contribution in [2.75, 3.05) is 5.75 Å². The number of fused-ring (bicyclic) bond motifs is 1. The molecule has 8 heteroatoms. The van der Waals surface area contributed by atoms with Gasteiger partial charge in [0.25, 0.3) is 5.91 Å². The highest BCUT2D eigenvalue weighted by molar-refractivity contribution is 8.00. The van der Waals surface area contributed by atoms with Gasteiger partial charge in [0.1, 0.15) is 23.4 Å². The lowest BCUT2D eigenvalue weighted by Gasteiger charge is -2.49. The Labute approximate surface area is 218 Å². The van der Waals surface area contributed by atoms with Gasteiger partial charge in [0.2, 0.25) is 5.91 Å². The van der Waals surface area contributed by atoms with Gasteiger partial charge in [-0.1, -0.05) is 91.0 Å². The Balaban J connectivity index is 1.35. The van der Waals surface area contributed by atoms with Crippen molar-refractivity contribution in [3.8, 4) is 0 Å². The number of carbonyl (C=O) groups excluding carboxylic acids is 4. The van der Waals surface area contributed by atoms with Gasteiger partial charge in [0.05, 0.1) is 6.42 Å². The predicted molar refractivity (Wildman–Crippen MR) is 139 cm³/mol. The highest BCUT2D eigenvalue weighted by atomic mass is 32.2. The summed E-state index contributed by atoms with van der Waals surface area (Å²) in [6, 6.07) is 27.0. The van der Waals surface area contributed by atoms with Crippen LogP contribution in [-0.2, 0) is 30.3 Å². The minimum absolute atomic E-state index is 0.0610. The molecule has 0 radical (unpaired) electrons. The van der Waals surface area contributed by atoms with Crippen molar-refractivity contribution in [3.63, 3.8) is 0 Å². The number of nitrogens with zero attached hydrogens (tertiary/aromatic N) is 1. The van der Waals surface area contributed by atoms with E-state index in [2.05, 4.69) is 5.32 Å². The Hall–Kier alpha value is -4.17. The number of hydrogen-bond donors (Lipinski definition) is 1. The lowest BCUT2D eigenvalue weighted by atomic mass is 10.0. The first-order valence-corrected chi connectivity index (χ1v) is 12.9. The van der Waals surface area contributed by atoms with E-state index in [1.807, 2.05) is 91.0 Å². The van der Waals surface area contributed by atoms with Crippen molar-refractivity contribution in [3.05, 3.63) is 119 Å². The van der Waals surface area contributed by atoms with Gasteiger partial charge in [-0.05, 0) is 16.7 Å². The molecular formula is C29H24N2O5S. The summed E-state index contributed by atoms with van der Waals surface area (Å²) in [6.45, 7) is 0. The first-order chi connectivity index (χ1) is 18.1. The third-order valence-corrected chi connectivity index (χ3v) is 7.59. The summed E-state index contributed by atoms with van der Waals surface area (Å²) in [5, 5.41) is 2.29. The van der Waals surface area contributed by atoms with Crippen molar-refractivity contribution < 1.29 is 23.9 Å². The molecular weight excluding hydrogens is 488 g/mol. The molecule has 1 N–H and O–H groups in total. The summed E-state index contributed by atoms with van der Waals surface area (Å²) in [5.41, 5.74) is 2.49. The Kier molecular flexibility index (Phi) is 7.18. The molecule has 1 unspecified atom stereocenters. The van der Waals surface area contributed by atoms with Crippen LogP contribution >= 0.6 is 11.8 Å². The lowest BCUT2D eigenvalue weighted by Crippen LogP contribution is -2.70. The van der Waals surface area contributed by atoms with E-state index in [0.717, 1.165) is 16.7 Å². The molecule has 0 spiro atoms. The fourth-order valence-corrected chi connectivity index (χ4v) is 5.77. The number of hydrogen-bond acceptors (Lipinski definition) is 6. The summed E-state index contributed by atoms with van der Waals surface area (Å²) in [6.07, 6.45) is 0.0115. The van der Waals surface area contributed by atoms with Gasteiger partial charge in [-0.2, -0.15) is 0 Å². The molecule has 0 aromatic heterocycles. The molecule has 2 aliphatic heterocycles. The Morgan fingerprint density at radius 3 is 2.08 bits per heavy atom. The highest BCUT2D eigenvalue weighted by Crippen LogP contribution is 2.41. The van der Waals surface area contributed by atoms with Crippen LogP contribution in [0.4, 0.5) is 0 Å². The molecule has 0 saturated carbocycles. The van der Waals surface area contributed by atoms with Gasteiger partial charge in [-0.25, -0.2) is 4.79 Å². The van der Waals surface area contributed by atoms with Crippen LogP contribution in [0.15, 0.2) is 102 Å². The summed E-state index contributed by atoms with van der Waals surface area (Å²) in [5.74, 6) is -1.25. The van der Waals surface area contributed by atoms with E-state index in [0.29, 0.717) is 6.29 Å².